The van der Waals surface area contributed by atoms with Gasteiger partial charge in [0.2, 0.25) is 0 Å². The van der Waals surface area contributed by atoms with Crippen molar-refractivity contribution >= 4 is 11.9 Å². The number of nitrogens with one attached hydrogen (secondary N) is 1. The Morgan fingerprint density at radius 3 is 2.48 bits per heavy atom. The third-order valence-electron chi connectivity index (χ3n) is 3.85. The van der Waals surface area contributed by atoms with Gasteiger partial charge in [-0.3, -0.25) is 9.59 Å². The fourth-order valence-electron chi connectivity index (χ4n) is 2.42. The molecule has 0 unspecified atom stereocenters. The predicted molar refractivity (Wildman–Crippen MR) is 93.3 cm³/mol. The Bertz CT molecular complexity index is 763. The maximum Gasteiger partial charge on any atom is 0.303 e. The fourth-order valence-corrected chi connectivity index (χ4v) is 2.42. The maximum atomic E-state index is 12.4. The Morgan fingerprint density at radius 1 is 1.28 bits per heavy atom. The van der Waals surface area contributed by atoms with Crippen LogP contribution in [0.1, 0.15) is 42.9 Å². The Kier molecular flexibility index (Phi) is 5.46. The molecule has 0 atom stereocenters. The van der Waals surface area contributed by atoms with Gasteiger partial charge in [0.25, 0.3) is 5.91 Å². The molecular formula is C18H23N3O4. The van der Waals surface area contributed by atoms with E-state index in [1.807, 2.05) is 31.2 Å². The Labute approximate surface area is 146 Å². The van der Waals surface area contributed by atoms with Crippen LogP contribution in [0.2, 0.25) is 0 Å². The largest absolute Gasteiger partial charge is 0.497 e. The van der Waals surface area contributed by atoms with Crippen molar-refractivity contribution in [3.63, 3.8) is 0 Å². The zero-order valence-electron chi connectivity index (χ0n) is 14.9. The molecule has 1 aromatic carbocycles. The molecule has 0 fully saturated rings. The van der Waals surface area contributed by atoms with Crippen LogP contribution in [0, 0.1) is 6.92 Å². The first-order valence-corrected chi connectivity index (χ1v) is 7.97. The molecule has 7 heteroatoms. The molecule has 134 valence electrons. The Morgan fingerprint density at radius 2 is 1.92 bits per heavy atom. The van der Waals surface area contributed by atoms with Crippen LogP contribution in [0.15, 0.2) is 30.3 Å². The number of ether oxygens (including phenoxy) is 1. The van der Waals surface area contributed by atoms with Crippen molar-refractivity contribution in [2.24, 2.45) is 0 Å². The first-order valence-electron chi connectivity index (χ1n) is 7.97. The zero-order valence-corrected chi connectivity index (χ0v) is 14.9. The van der Waals surface area contributed by atoms with Gasteiger partial charge >= 0.3 is 5.97 Å². The van der Waals surface area contributed by atoms with Crippen molar-refractivity contribution in [1.29, 1.82) is 0 Å². The highest BCUT2D eigenvalue weighted by Gasteiger charge is 2.24. The molecular weight excluding hydrogens is 322 g/mol. The molecule has 2 N–H and O–H groups in total. The monoisotopic (exact) mass is 345 g/mol. The second-order valence-corrected chi connectivity index (χ2v) is 6.51. The Hall–Kier alpha value is -2.83. The summed E-state index contributed by atoms with van der Waals surface area (Å²) in [5, 5.41) is 16.0. The number of hydrogen-bond donors (Lipinski definition) is 2. The molecule has 2 rings (SSSR count). The van der Waals surface area contributed by atoms with Gasteiger partial charge in [-0.1, -0.05) is 0 Å². The lowest BCUT2D eigenvalue weighted by Gasteiger charge is -2.25. The highest BCUT2D eigenvalue weighted by molar-refractivity contribution is 5.93. The van der Waals surface area contributed by atoms with Crippen LogP contribution in [0.5, 0.6) is 5.75 Å². The first kappa shape index (κ1) is 18.5. The molecule has 0 aliphatic carbocycles. The smallest absolute Gasteiger partial charge is 0.303 e. The van der Waals surface area contributed by atoms with E-state index in [0.717, 1.165) is 17.1 Å². The van der Waals surface area contributed by atoms with E-state index in [9.17, 15) is 9.59 Å². The second-order valence-electron chi connectivity index (χ2n) is 6.51. The number of aromatic nitrogens is 2. The number of carbonyl (C=O) groups excluding carboxylic acids is 1. The predicted octanol–water partition coefficient (Wildman–Crippen LogP) is 2.56. The summed E-state index contributed by atoms with van der Waals surface area (Å²) in [4.78, 5) is 23.2. The molecule has 1 heterocycles. The van der Waals surface area contributed by atoms with Gasteiger partial charge in [0.1, 0.15) is 5.75 Å². The number of carboxylic acids is 1. The minimum Gasteiger partial charge on any atom is -0.497 e. The molecule has 7 nitrogen and oxygen atoms in total. The molecule has 0 aliphatic rings. The number of nitrogens with zero attached hydrogens (tertiary/aromatic N) is 2. The summed E-state index contributed by atoms with van der Waals surface area (Å²) < 4.78 is 6.82. The second kappa shape index (κ2) is 7.38. The minimum atomic E-state index is -0.887. The lowest BCUT2D eigenvalue weighted by atomic mass is 9.98. The Balaban J connectivity index is 2.15. The van der Waals surface area contributed by atoms with E-state index in [1.165, 1.54) is 0 Å². The SMILES string of the molecule is COc1ccc(-n2nc(C(=O)NC(C)(C)CCC(=O)O)cc2C)cc1. The van der Waals surface area contributed by atoms with Gasteiger partial charge in [-0.15, -0.1) is 0 Å². The van der Waals surface area contributed by atoms with Gasteiger partial charge in [0, 0.05) is 17.7 Å². The van der Waals surface area contributed by atoms with Crippen LogP contribution >= 0.6 is 0 Å². The van der Waals surface area contributed by atoms with Crippen molar-refractivity contribution in [3.05, 3.63) is 41.7 Å². The maximum absolute atomic E-state index is 12.4. The number of methoxy groups -OCH3 is 1. The van der Waals surface area contributed by atoms with E-state index in [1.54, 1.807) is 31.7 Å². The van der Waals surface area contributed by atoms with Crippen LogP contribution in [0.4, 0.5) is 0 Å². The number of hydrogen-bond acceptors (Lipinski definition) is 4. The zero-order chi connectivity index (χ0) is 18.6. The molecule has 1 amide bonds. The van der Waals surface area contributed by atoms with Crippen molar-refractivity contribution < 1.29 is 19.4 Å². The number of aliphatic carboxylic acids is 1. The quantitative estimate of drug-likeness (QED) is 0.804. The van der Waals surface area contributed by atoms with E-state index in [2.05, 4.69) is 10.4 Å². The average Bonchev–Trinajstić information content (AvgIpc) is 2.95. The van der Waals surface area contributed by atoms with Gasteiger partial charge in [-0.25, -0.2) is 4.68 Å². The molecule has 25 heavy (non-hydrogen) atoms. The number of amides is 1. The third-order valence-corrected chi connectivity index (χ3v) is 3.85. The molecule has 0 bridgehead atoms. The highest BCUT2D eigenvalue weighted by atomic mass is 16.5. The van der Waals surface area contributed by atoms with E-state index in [0.29, 0.717) is 6.42 Å². The summed E-state index contributed by atoms with van der Waals surface area (Å²) in [6.07, 6.45) is 0.332. The van der Waals surface area contributed by atoms with E-state index in [-0.39, 0.29) is 18.0 Å². The summed E-state index contributed by atoms with van der Waals surface area (Å²) in [5.74, 6) is -0.473. The molecule has 0 radical (unpaired) electrons. The summed E-state index contributed by atoms with van der Waals surface area (Å²) >= 11 is 0. The normalized spacial score (nSPS) is 11.2. The lowest BCUT2D eigenvalue weighted by molar-refractivity contribution is -0.137. The molecule has 0 aliphatic heterocycles. The first-order chi connectivity index (χ1) is 11.7. The lowest BCUT2D eigenvalue weighted by Crippen LogP contribution is -2.43. The van der Waals surface area contributed by atoms with Crippen molar-refractivity contribution in [2.75, 3.05) is 7.11 Å². The summed E-state index contributed by atoms with van der Waals surface area (Å²) in [5.41, 5.74) is 1.30. The summed E-state index contributed by atoms with van der Waals surface area (Å²) in [6.45, 7) is 5.45. The van der Waals surface area contributed by atoms with Crippen molar-refractivity contribution in [3.8, 4) is 11.4 Å². The van der Waals surface area contributed by atoms with Gasteiger partial charge < -0.3 is 15.2 Å². The third kappa shape index (κ3) is 4.82. The van der Waals surface area contributed by atoms with Crippen LogP contribution < -0.4 is 10.1 Å². The van der Waals surface area contributed by atoms with Gasteiger partial charge in [0.15, 0.2) is 5.69 Å². The average molecular weight is 345 g/mol. The number of carbonyl (C=O) groups is 2. The number of rotatable bonds is 7. The van der Waals surface area contributed by atoms with Crippen LogP contribution in [-0.2, 0) is 4.79 Å². The number of carboxylic acid groups (broad SMARTS) is 1. The summed E-state index contributed by atoms with van der Waals surface area (Å²) in [7, 11) is 1.60. The summed E-state index contributed by atoms with van der Waals surface area (Å²) in [6, 6.07) is 9.07. The van der Waals surface area contributed by atoms with Crippen LogP contribution in [0.25, 0.3) is 5.69 Å². The van der Waals surface area contributed by atoms with Gasteiger partial charge in [-0.2, -0.15) is 5.10 Å². The molecule has 1 aromatic heterocycles. The van der Waals surface area contributed by atoms with Crippen LogP contribution in [-0.4, -0.2) is 39.4 Å². The molecule has 0 saturated heterocycles. The van der Waals surface area contributed by atoms with Gasteiger partial charge in [0.05, 0.1) is 12.8 Å². The molecule has 0 saturated carbocycles. The molecule has 2 aromatic rings. The number of aryl methyl sites for hydroxylation is 1. The van der Waals surface area contributed by atoms with Crippen molar-refractivity contribution in [2.45, 2.75) is 39.2 Å². The topological polar surface area (TPSA) is 93.5 Å². The van der Waals surface area contributed by atoms with Gasteiger partial charge in [-0.05, 0) is 57.5 Å². The van der Waals surface area contributed by atoms with E-state index < -0.39 is 11.5 Å². The van der Waals surface area contributed by atoms with E-state index >= 15 is 0 Å². The standard InChI is InChI=1S/C18H23N3O4/c1-12-11-15(17(24)19-18(2,3)10-9-16(22)23)20-21(12)13-5-7-14(25-4)8-6-13/h5-8,11H,9-10H2,1-4H3,(H,19,24)(H,22,23). The van der Waals surface area contributed by atoms with Crippen molar-refractivity contribution in [1.82, 2.24) is 15.1 Å². The highest BCUT2D eigenvalue weighted by Crippen LogP contribution is 2.18. The van der Waals surface area contributed by atoms with Crippen LogP contribution in [0.3, 0.4) is 0 Å². The van der Waals surface area contributed by atoms with E-state index in [4.69, 9.17) is 9.84 Å². The minimum absolute atomic E-state index is 0.00734. The number of benzene rings is 1. The molecule has 0 spiro atoms. The fraction of sp³-hybridized carbons (Fsp3) is 0.389.